The molecule has 0 aromatic heterocycles. The van der Waals surface area contributed by atoms with Crippen molar-refractivity contribution in [2.24, 2.45) is 5.73 Å². The highest BCUT2D eigenvalue weighted by molar-refractivity contribution is 5.94. The van der Waals surface area contributed by atoms with Crippen molar-refractivity contribution in [1.82, 2.24) is 5.32 Å². The number of carbonyl (C=O) groups is 2. The van der Waals surface area contributed by atoms with Gasteiger partial charge in [-0.05, 0) is 30.7 Å². The number of anilines is 1. The second kappa shape index (κ2) is 4.55. The number of primary amides is 1. The summed E-state index contributed by atoms with van der Waals surface area (Å²) in [5, 5.41) is 5.67. The zero-order valence-electron chi connectivity index (χ0n) is 9.62. The van der Waals surface area contributed by atoms with E-state index in [1.54, 1.807) is 13.1 Å². The van der Waals surface area contributed by atoms with Gasteiger partial charge >= 0.3 is 0 Å². The van der Waals surface area contributed by atoms with Gasteiger partial charge in [0, 0.05) is 12.1 Å². The van der Waals surface area contributed by atoms with Crippen molar-refractivity contribution in [3.05, 3.63) is 29.3 Å². The summed E-state index contributed by atoms with van der Waals surface area (Å²) in [6, 6.07) is 5.05. The van der Waals surface area contributed by atoms with E-state index in [0.717, 1.165) is 16.8 Å². The quantitative estimate of drug-likeness (QED) is 0.702. The molecule has 1 unspecified atom stereocenters. The number of rotatable bonds is 3. The average Bonchev–Trinajstić information content (AvgIpc) is 2.29. The van der Waals surface area contributed by atoms with E-state index in [4.69, 9.17) is 5.73 Å². The number of amides is 2. The Morgan fingerprint density at radius 3 is 2.88 bits per heavy atom. The molecule has 0 bridgehead atoms. The summed E-state index contributed by atoms with van der Waals surface area (Å²) in [7, 11) is 1.69. The Morgan fingerprint density at radius 1 is 1.47 bits per heavy atom. The van der Waals surface area contributed by atoms with Crippen molar-refractivity contribution in [2.45, 2.75) is 18.9 Å². The minimum atomic E-state index is -0.488. The molecule has 1 aromatic carbocycles. The van der Waals surface area contributed by atoms with E-state index in [0.29, 0.717) is 12.8 Å². The predicted molar refractivity (Wildman–Crippen MR) is 64.4 cm³/mol. The number of hydrogen-bond donors (Lipinski definition) is 3. The van der Waals surface area contributed by atoms with Gasteiger partial charge in [-0.2, -0.15) is 0 Å². The number of benzene rings is 1. The molecular formula is C12H15N3O2. The first-order valence-electron chi connectivity index (χ1n) is 5.51. The number of aryl methyl sites for hydroxylation is 1. The van der Waals surface area contributed by atoms with Crippen molar-refractivity contribution < 1.29 is 9.59 Å². The molecule has 0 saturated heterocycles. The molecule has 0 radical (unpaired) electrons. The van der Waals surface area contributed by atoms with E-state index in [2.05, 4.69) is 10.6 Å². The molecule has 0 fully saturated rings. The highest BCUT2D eigenvalue weighted by atomic mass is 16.2. The monoisotopic (exact) mass is 233 g/mol. The summed E-state index contributed by atoms with van der Waals surface area (Å²) in [6.45, 7) is 0. The van der Waals surface area contributed by atoms with Gasteiger partial charge in [-0.25, -0.2) is 0 Å². The maximum absolute atomic E-state index is 11.2. The van der Waals surface area contributed by atoms with Crippen LogP contribution in [0, 0.1) is 0 Å². The molecule has 1 aromatic rings. The van der Waals surface area contributed by atoms with E-state index >= 15 is 0 Å². The Kier molecular flexibility index (Phi) is 3.10. The molecule has 90 valence electrons. The second-order valence-electron chi connectivity index (χ2n) is 4.09. The highest BCUT2D eigenvalue weighted by Crippen LogP contribution is 2.25. The van der Waals surface area contributed by atoms with E-state index < -0.39 is 11.9 Å². The highest BCUT2D eigenvalue weighted by Gasteiger charge is 2.19. The fourth-order valence-corrected chi connectivity index (χ4v) is 2.06. The topological polar surface area (TPSA) is 84.2 Å². The Balaban J connectivity index is 2.33. The SMILES string of the molecule is CNC(C(N)=O)c1ccc2c(c1)CCC(=O)N2. The normalized spacial score (nSPS) is 15.9. The smallest absolute Gasteiger partial charge is 0.239 e. The number of hydrogen-bond acceptors (Lipinski definition) is 3. The minimum Gasteiger partial charge on any atom is -0.368 e. The molecule has 0 spiro atoms. The van der Waals surface area contributed by atoms with Crippen LogP contribution < -0.4 is 16.4 Å². The fraction of sp³-hybridized carbons (Fsp3) is 0.333. The Labute approximate surface area is 99.4 Å². The molecular weight excluding hydrogens is 218 g/mol. The lowest BCUT2D eigenvalue weighted by atomic mass is 9.97. The Hall–Kier alpha value is -1.88. The molecule has 4 N–H and O–H groups in total. The van der Waals surface area contributed by atoms with Crippen LogP contribution >= 0.6 is 0 Å². The lowest BCUT2D eigenvalue weighted by molar-refractivity contribution is -0.120. The predicted octanol–water partition coefficient (Wildman–Crippen LogP) is 0.317. The number of carbonyl (C=O) groups excluding carboxylic acids is 2. The van der Waals surface area contributed by atoms with Gasteiger partial charge in [0.1, 0.15) is 6.04 Å². The van der Waals surface area contributed by atoms with Crippen LogP contribution in [0.3, 0.4) is 0 Å². The Bertz CT molecular complexity index is 471. The van der Waals surface area contributed by atoms with Gasteiger partial charge in [0.2, 0.25) is 11.8 Å². The maximum Gasteiger partial charge on any atom is 0.239 e. The molecule has 5 nitrogen and oxygen atoms in total. The number of nitrogens with two attached hydrogens (primary N) is 1. The third-order valence-electron chi connectivity index (χ3n) is 2.93. The largest absolute Gasteiger partial charge is 0.368 e. The average molecular weight is 233 g/mol. The van der Waals surface area contributed by atoms with Crippen LogP contribution in [0.15, 0.2) is 18.2 Å². The molecule has 0 aliphatic carbocycles. The first kappa shape index (κ1) is 11.6. The van der Waals surface area contributed by atoms with Gasteiger partial charge < -0.3 is 16.4 Å². The van der Waals surface area contributed by atoms with Crippen LogP contribution in [0.2, 0.25) is 0 Å². The van der Waals surface area contributed by atoms with Crippen LogP contribution in [0.4, 0.5) is 5.69 Å². The Morgan fingerprint density at radius 2 is 2.24 bits per heavy atom. The first-order valence-corrected chi connectivity index (χ1v) is 5.51. The van der Waals surface area contributed by atoms with Gasteiger partial charge in [0.05, 0.1) is 0 Å². The van der Waals surface area contributed by atoms with Crippen molar-refractivity contribution in [3.63, 3.8) is 0 Å². The molecule has 1 aliphatic heterocycles. The number of nitrogens with one attached hydrogen (secondary N) is 2. The van der Waals surface area contributed by atoms with E-state index in [1.165, 1.54) is 0 Å². The molecule has 1 atom stereocenters. The van der Waals surface area contributed by atoms with Gasteiger partial charge in [-0.15, -0.1) is 0 Å². The zero-order valence-corrected chi connectivity index (χ0v) is 9.62. The van der Waals surface area contributed by atoms with Gasteiger partial charge in [-0.1, -0.05) is 12.1 Å². The van der Waals surface area contributed by atoms with Crippen LogP contribution in [0.25, 0.3) is 0 Å². The third kappa shape index (κ3) is 2.29. The molecule has 0 saturated carbocycles. The van der Waals surface area contributed by atoms with Gasteiger partial charge in [-0.3, -0.25) is 9.59 Å². The summed E-state index contributed by atoms with van der Waals surface area (Å²) < 4.78 is 0. The molecule has 17 heavy (non-hydrogen) atoms. The summed E-state index contributed by atoms with van der Waals surface area (Å²) in [4.78, 5) is 22.5. The van der Waals surface area contributed by atoms with Crippen LogP contribution in [-0.4, -0.2) is 18.9 Å². The summed E-state index contributed by atoms with van der Waals surface area (Å²) in [5.41, 5.74) is 8.00. The first-order chi connectivity index (χ1) is 8.11. The summed E-state index contributed by atoms with van der Waals surface area (Å²) in [6.07, 6.45) is 1.18. The molecule has 2 rings (SSSR count). The molecule has 1 heterocycles. The van der Waals surface area contributed by atoms with Crippen LogP contribution in [-0.2, 0) is 16.0 Å². The van der Waals surface area contributed by atoms with E-state index in [-0.39, 0.29) is 5.91 Å². The van der Waals surface area contributed by atoms with Crippen molar-refractivity contribution in [1.29, 1.82) is 0 Å². The zero-order chi connectivity index (χ0) is 12.4. The fourth-order valence-electron chi connectivity index (χ4n) is 2.06. The standard InChI is InChI=1S/C12H15N3O2/c1-14-11(12(13)17)8-2-4-9-7(6-8)3-5-10(16)15-9/h2,4,6,11,14H,3,5H2,1H3,(H2,13,17)(H,15,16). The lowest BCUT2D eigenvalue weighted by Crippen LogP contribution is -2.31. The third-order valence-corrected chi connectivity index (χ3v) is 2.93. The molecule has 5 heteroatoms. The van der Waals surface area contributed by atoms with E-state index in [1.807, 2.05) is 12.1 Å². The lowest BCUT2D eigenvalue weighted by Gasteiger charge is -2.20. The second-order valence-corrected chi connectivity index (χ2v) is 4.09. The van der Waals surface area contributed by atoms with Crippen LogP contribution in [0.5, 0.6) is 0 Å². The van der Waals surface area contributed by atoms with Gasteiger partial charge in [0.15, 0.2) is 0 Å². The van der Waals surface area contributed by atoms with Crippen molar-refractivity contribution in [2.75, 3.05) is 12.4 Å². The van der Waals surface area contributed by atoms with Gasteiger partial charge in [0.25, 0.3) is 0 Å². The van der Waals surface area contributed by atoms with Crippen molar-refractivity contribution >= 4 is 17.5 Å². The minimum absolute atomic E-state index is 0.0327. The molecule has 2 amide bonds. The molecule has 1 aliphatic rings. The van der Waals surface area contributed by atoms with Crippen molar-refractivity contribution in [3.8, 4) is 0 Å². The van der Waals surface area contributed by atoms with E-state index in [9.17, 15) is 9.59 Å². The van der Waals surface area contributed by atoms with Crippen LogP contribution in [0.1, 0.15) is 23.6 Å². The number of likely N-dealkylation sites (N-methyl/N-ethyl adjacent to an activating group) is 1. The summed E-state index contributed by atoms with van der Waals surface area (Å²) in [5.74, 6) is -0.377. The maximum atomic E-state index is 11.2. The number of fused-ring (bicyclic) bond motifs is 1. The summed E-state index contributed by atoms with van der Waals surface area (Å²) >= 11 is 0.